The Morgan fingerprint density at radius 2 is 1.95 bits per heavy atom. The fourth-order valence-electron chi connectivity index (χ4n) is 2.63. The number of hydrogen-bond donors (Lipinski definition) is 1. The average Bonchev–Trinajstić information content (AvgIpc) is 2.53. The maximum Gasteiger partial charge on any atom is 0.243 e. The van der Waals surface area contributed by atoms with E-state index in [-0.39, 0.29) is 0 Å². The van der Waals surface area contributed by atoms with Crippen molar-refractivity contribution >= 4 is 10.0 Å². The lowest BCUT2D eigenvalue weighted by Gasteiger charge is -2.27. The van der Waals surface area contributed by atoms with Gasteiger partial charge in [0.15, 0.2) is 0 Å². The van der Waals surface area contributed by atoms with E-state index >= 15 is 0 Å². The summed E-state index contributed by atoms with van der Waals surface area (Å²) in [4.78, 5) is 0.417. The molecular formula is C15H24N2O3S. The van der Waals surface area contributed by atoms with Crippen molar-refractivity contribution in [3.05, 3.63) is 23.8 Å². The van der Waals surface area contributed by atoms with Gasteiger partial charge in [-0.25, -0.2) is 8.42 Å². The molecular weight excluding hydrogens is 288 g/mol. The van der Waals surface area contributed by atoms with E-state index in [1.54, 1.807) is 23.5 Å². The summed E-state index contributed by atoms with van der Waals surface area (Å²) in [6.07, 6.45) is 3.67. The summed E-state index contributed by atoms with van der Waals surface area (Å²) in [6.45, 7) is 1.98. The summed E-state index contributed by atoms with van der Waals surface area (Å²) < 4.78 is 32.5. The van der Waals surface area contributed by atoms with Crippen LogP contribution in [0.1, 0.15) is 24.8 Å². The lowest BCUT2D eigenvalue weighted by atomic mass is 10.1. The van der Waals surface area contributed by atoms with Crippen LogP contribution >= 0.6 is 0 Å². The predicted octanol–water partition coefficient (Wildman–Crippen LogP) is 1.63. The number of methoxy groups -OCH3 is 1. The lowest BCUT2D eigenvalue weighted by molar-refractivity contribution is 0.346. The molecule has 0 saturated carbocycles. The minimum absolute atomic E-state index is 0.417. The molecule has 1 aromatic carbocycles. The lowest BCUT2D eigenvalue weighted by Crippen LogP contribution is -2.36. The van der Waals surface area contributed by atoms with E-state index in [9.17, 15) is 8.42 Å². The predicted molar refractivity (Wildman–Crippen MR) is 83.2 cm³/mol. The van der Waals surface area contributed by atoms with Gasteiger partial charge in [-0.3, -0.25) is 0 Å². The third kappa shape index (κ3) is 3.75. The smallest absolute Gasteiger partial charge is 0.243 e. The van der Waals surface area contributed by atoms with E-state index in [4.69, 9.17) is 4.74 Å². The normalized spacial score (nSPS) is 16.9. The van der Waals surface area contributed by atoms with Gasteiger partial charge >= 0.3 is 0 Å². The largest absolute Gasteiger partial charge is 0.497 e. The van der Waals surface area contributed by atoms with E-state index in [1.807, 2.05) is 13.1 Å². The first kappa shape index (κ1) is 16.3. The summed E-state index contributed by atoms with van der Waals surface area (Å²) in [5, 5.41) is 3.06. The number of ether oxygens (including phenoxy) is 1. The van der Waals surface area contributed by atoms with Crippen molar-refractivity contribution in [3.8, 4) is 5.75 Å². The number of likely N-dealkylation sites (N-methyl/N-ethyl adjacent to an activating group) is 1. The zero-order valence-corrected chi connectivity index (χ0v) is 13.6. The minimum Gasteiger partial charge on any atom is -0.497 e. The van der Waals surface area contributed by atoms with Crippen molar-refractivity contribution in [1.82, 2.24) is 9.62 Å². The average molecular weight is 312 g/mol. The van der Waals surface area contributed by atoms with E-state index in [0.29, 0.717) is 30.2 Å². The van der Waals surface area contributed by atoms with Crippen molar-refractivity contribution < 1.29 is 13.2 Å². The molecule has 0 bridgehead atoms. The quantitative estimate of drug-likeness (QED) is 0.867. The van der Waals surface area contributed by atoms with E-state index in [0.717, 1.165) is 31.4 Å². The molecule has 1 fully saturated rings. The number of rotatable bonds is 6. The Balaban J connectivity index is 2.35. The second-order valence-corrected chi connectivity index (χ2v) is 7.20. The van der Waals surface area contributed by atoms with Gasteiger partial charge in [0.1, 0.15) is 5.75 Å². The number of piperidine rings is 1. The number of nitrogens with one attached hydrogen (secondary N) is 1. The zero-order valence-electron chi connectivity index (χ0n) is 12.8. The summed E-state index contributed by atoms with van der Waals surface area (Å²) in [6, 6.07) is 5.22. The van der Waals surface area contributed by atoms with Gasteiger partial charge in [0.05, 0.1) is 12.0 Å². The van der Waals surface area contributed by atoms with Crippen LogP contribution in [0.15, 0.2) is 23.1 Å². The Labute approximate surface area is 127 Å². The molecule has 0 unspecified atom stereocenters. The van der Waals surface area contributed by atoms with Crippen LogP contribution in [0.25, 0.3) is 0 Å². The molecule has 0 atom stereocenters. The highest BCUT2D eigenvalue weighted by atomic mass is 32.2. The number of hydrogen-bond acceptors (Lipinski definition) is 4. The molecule has 0 spiro atoms. The first-order valence-electron chi connectivity index (χ1n) is 7.41. The highest BCUT2D eigenvalue weighted by Crippen LogP contribution is 2.27. The molecule has 1 saturated heterocycles. The van der Waals surface area contributed by atoms with Crippen LogP contribution in [0.4, 0.5) is 0 Å². The van der Waals surface area contributed by atoms with Crippen molar-refractivity contribution in [2.24, 2.45) is 0 Å². The zero-order chi connectivity index (χ0) is 15.3. The maximum atomic E-state index is 12.8. The molecule has 1 aromatic rings. The molecule has 0 amide bonds. The highest BCUT2D eigenvalue weighted by molar-refractivity contribution is 7.89. The van der Waals surface area contributed by atoms with Crippen LogP contribution in [0.3, 0.4) is 0 Å². The Hall–Kier alpha value is -1.11. The van der Waals surface area contributed by atoms with Crippen molar-refractivity contribution in [1.29, 1.82) is 0 Å². The SMILES string of the molecule is CNCCc1cc(OC)ccc1S(=O)(=O)N1CCCCC1. The van der Waals surface area contributed by atoms with E-state index in [2.05, 4.69) is 5.32 Å². The molecule has 1 heterocycles. The molecule has 0 radical (unpaired) electrons. The maximum absolute atomic E-state index is 12.8. The number of benzene rings is 1. The van der Waals surface area contributed by atoms with Crippen LogP contribution in [0.5, 0.6) is 5.75 Å². The topological polar surface area (TPSA) is 58.6 Å². The van der Waals surface area contributed by atoms with Crippen LogP contribution in [0, 0.1) is 0 Å². The molecule has 118 valence electrons. The van der Waals surface area contributed by atoms with Crippen molar-refractivity contribution in [3.63, 3.8) is 0 Å². The Morgan fingerprint density at radius 1 is 1.24 bits per heavy atom. The number of sulfonamides is 1. The second-order valence-electron chi connectivity index (χ2n) is 5.29. The Bertz CT molecular complexity index is 566. The van der Waals surface area contributed by atoms with Crippen LogP contribution in [-0.4, -0.2) is 46.5 Å². The summed E-state index contributed by atoms with van der Waals surface area (Å²) in [7, 11) is 0.0553. The fraction of sp³-hybridized carbons (Fsp3) is 0.600. The van der Waals surface area contributed by atoms with Crippen molar-refractivity contribution in [2.75, 3.05) is 33.8 Å². The van der Waals surface area contributed by atoms with Gasteiger partial charge in [-0.2, -0.15) is 4.31 Å². The number of nitrogens with zero attached hydrogens (tertiary/aromatic N) is 1. The Morgan fingerprint density at radius 3 is 2.57 bits per heavy atom. The van der Waals surface area contributed by atoms with Gasteiger partial charge in [0, 0.05) is 13.1 Å². The summed E-state index contributed by atoms with van der Waals surface area (Å²) >= 11 is 0. The monoisotopic (exact) mass is 312 g/mol. The fourth-order valence-corrected chi connectivity index (χ4v) is 4.38. The first-order chi connectivity index (χ1) is 10.1. The molecule has 1 aliphatic heterocycles. The standard InChI is InChI=1S/C15H24N2O3S/c1-16-9-8-13-12-14(20-2)6-7-15(13)21(18,19)17-10-4-3-5-11-17/h6-7,12,16H,3-5,8-11H2,1-2H3. The summed E-state index contributed by atoms with van der Waals surface area (Å²) in [5.41, 5.74) is 0.814. The molecule has 1 aliphatic rings. The van der Waals surface area contributed by atoms with Crippen molar-refractivity contribution in [2.45, 2.75) is 30.6 Å². The van der Waals surface area contributed by atoms with Gasteiger partial charge in [-0.1, -0.05) is 6.42 Å². The molecule has 6 heteroatoms. The van der Waals surface area contributed by atoms with Gasteiger partial charge in [-0.05, 0) is 56.6 Å². The molecule has 2 rings (SSSR count). The first-order valence-corrected chi connectivity index (χ1v) is 8.85. The molecule has 0 aliphatic carbocycles. The van der Waals surface area contributed by atoms with Crippen LogP contribution < -0.4 is 10.1 Å². The van der Waals surface area contributed by atoms with E-state index in [1.165, 1.54) is 0 Å². The molecule has 1 N–H and O–H groups in total. The molecule has 21 heavy (non-hydrogen) atoms. The highest BCUT2D eigenvalue weighted by Gasteiger charge is 2.28. The molecule has 0 aromatic heterocycles. The van der Waals surface area contributed by atoms with Gasteiger partial charge in [0.2, 0.25) is 10.0 Å². The minimum atomic E-state index is -3.40. The van der Waals surface area contributed by atoms with Gasteiger partial charge < -0.3 is 10.1 Å². The third-order valence-electron chi connectivity index (χ3n) is 3.84. The van der Waals surface area contributed by atoms with Crippen LogP contribution in [0.2, 0.25) is 0 Å². The Kier molecular flexibility index (Phi) is 5.61. The molecule has 5 nitrogen and oxygen atoms in total. The second kappa shape index (κ2) is 7.24. The van der Waals surface area contributed by atoms with Crippen LogP contribution in [-0.2, 0) is 16.4 Å². The van der Waals surface area contributed by atoms with Gasteiger partial charge in [-0.15, -0.1) is 0 Å². The van der Waals surface area contributed by atoms with E-state index < -0.39 is 10.0 Å². The summed E-state index contributed by atoms with van der Waals surface area (Å²) in [5.74, 6) is 0.693. The third-order valence-corrected chi connectivity index (χ3v) is 5.84. The van der Waals surface area contributed by atoms with Gasteiger partial charge in [0.25, 0.3) is 0 Å².